The van der Waals surface area contributed by atoms with Crippen LogP contribution in [0.3, 0.4) is 0 Å². The van der Waals surface area contributed by atoms with Crippen LogP contribution in [0.4, 0.5) is 10.1 Å². The molecule has 2 unspecified atom stereocenters. The molecule has 1 saturated heterocycles. The molecule has 100 valence electrons. The predicted molar refractivity (Wildman–Crippen MR) is 69.2 cm³/mol. The third-order valence-electron chi connectivity index (χ3n) is 3.44. The highest BCUT2D eigenvalue weighted by atomic mass is 19.1. The molecule has 1 fully saturated rings. The number of benzene rings is 1. The average molecular weight is 253 g/mol. The number of anilines is 1. The lowest BCUT2D eigenvalue weighted by atomic mass is 10.1. The van der Waals surface area contributed by atoms with Crippen LogP contribution in [-0.2, 0) is 11.3 Å². The highest BCUT2D eigenvalue weighted by Gasteiger charge is 2.27. The summed E-state index contributed by atoms with van der Waals surface area (Å²) < 4.78 is 19.7. The summed E-state index contributed by atoms with van der Waals surface area (Å²) in [5.74, 6) is -0.269. The molecule has 0 spiro atoms. The lowest BCUT2D eigenvalue weighted by Gasteiger charge is -2.40. The van der Waals surface area contributed by atoms with Crippen LogP contribution in [0.25, 0.3) is 0 Å². The fourth-order valence-corrected chi connectivity index (χ4v) is 2.36. The molecule has 1 aliphatic rings. The largest absolute Gasteiger partial charge is 0.392 e. The van der Waals surface area contributed by atoms with E-state index in [9.17, 15) is 4.39 Å². The summed E-state index contributed by atoms with van der Waals surface area (Å²) in [6, 6.07) is 5.14. The molecule has 18 heavy (non-hydrogen) atoms. The van der Waals surface area contributed by atoms with E-state index in [0.29, 0.717) is 24.4 Å². The molecule has 2 atom stereocenters. The molecule has 0 saturated carbocycles. The first kappa shape index (κ1) is 13.3. The molecular formula is C14H20FNO2. The van der Waals surface area contributed by atoms with Crippen LogP contribution in [0, 0.1) is 5.82 Å². The standard InChI is InChI=1S/C14H20FNO2/c1-3-12-9-18-10(2)7-16(12)14-5-4-11(8-17)6-13(14)15/h4-6,10,12,17H,3,7-9H2,1-2H3. The second-order valence-corrected chi connectivity index (χ2v) is 4.80. The van der Waals surface area contributed by atoms with Gasteiger partial charge in [-0.2, -0.15) is 0 Å². The first-order valence-corrected chi connectivity index (χ1v) is 6.43. The van der Waals surface area contributed by atoms with Crippen molar-refractivity contribution in [2.75, 3.05) is 18.1 Å². The zero-order valence-corrected chi connectivity index (χ0v) is 10.9. The van der Waals surface area contributed by atoms with Gasteiger partial charge in [0.2, 0.25) is 0 Å². The highest BCUT2D eigenvalue weighted by molar-refractivity contribution is 5.50. The third kappa shape index (κ3) is 2.65. The molecule has 1 aromatic carbocycles. The molecule has 1 N–H and O–H groups in total. The van der Waals surface area contributed by atoms with Crippen molar-refractivity contribution >= 4 is 5.69 Å². The van der Waals surface area contributed by atoms with E-state index in [4.69, 9.17) is 9.84 Å². The molecular weight excluding hydrogens is 233 g/mol. The van der Waals surface area contributed by atoms with E-state index < -0.39 is 0 Å². The van der Waals surface area contributed by atoms with Crippen LogP contribution in [-0.4, -0.2) is 30.4 Å². The number of ether oxygens (including phenoxy) is 1. The van der Waals surface area contributed by atoms with Gasteiger partial charge in [0.05, 0.1) is 31.0 Å². The van der Waals surface area contributed by atoms with E-state index in [1.807, 2.05) is 6.92 Å². The zero-order valence-electron chi connectivity index (χ0n) is 10.9. The van der Waals surface area contributed by atoms with Gasteiger partial charge in [0.1, 0.15) is 5.82 Å². The first-order chi connectivity index (χ1) is 8.65. The summed E-state index contributed by atoms with van der Waals surface area (Å²) in [7, 11) is 0. The third-order valence-corrected chi connectivity index (χ3v) is 3.44. The van der Waals surface area contributed by atoms with Gasteiger partial charge in [0, 0.05) is 6.54 Å². The van der Waals surface area contributed by atoms with Crippen LogP contribution in [0.1, 0.15) is 25.8 Å². The minimum absolute atomic E-state index is 0.115. The summed E-state index contributed by atoms with van der Waals surface area (Å²) in [6.07, 6.45) is 1.04. The Morgan fingerprint density at radius 1 is 1.50 bits per heavy atom. The van der Waals surface area contributed by atoms with Gasteiger partial charge in [0.25, 0.3) is 0 Å². The van der Waals surface area contributed by atoms with Gasteiger partial charge in [-0.05, 0) is 31.0 Å². The molecule has 0 amide bonds. The van der Waals surface area contributed by atoms with E-state index in [-0.39, 0.29) is 24.6 Å². The smallest absolute Gasteiger partial charge is 0.146 e. The van der Waals surface area contributed by atoms with Crippen molar-refractivity contribution in [2.45, 2.75) is 39.0 Å². The minimum atomic E-state index is -0.269. The molecule has 1 heterocycles. The maximum atomic E-state index is 14.1. The maximum Gasteiger partial charge on any atom is 0.146 e. The number of nitrogens with zero attached hydrogens (tertiary/aromatic N) is 1. The Morgan fingerprint density at radius 3 is 2.89 bits per heavy atom. The molecule has 1 aliphatic heterocycles. The van der Waals surface area contributed by atoms with Gasteiger partial charge in [-0.25, -0.2) is 4.39 Å². The summed E-state index contributed by atoms with van der Waals surface area (Å²) in [6.45, 7) is 5.29. The van der Waals surface area contributed by atoms with Crippen molar-refractivity contribution in [2.24, 2.45) is 0 Å². The second kappa shape index (κ2) is 5.67. The number of hydrogen-bond acceptors (Lipinski definition) is 3. The molecule has 4 heteroatoms. The van der Waals surface area contributed by atoms with Crippen molar-refractivity contribution in [3.05, 3.63) is 29.6 Å². The molecule has 0 radical (unpaired) electrons. The monoisotopic (exact) mass is 253 g/mol. The Kier molecular flexibility index (Phi) is 4.19. The maximum absolute atomic E-state index is 14.1. The first-order valence-electron chi connectivity index (χ1n) is 6.43. The van der Waals surface area contributed by atoms with Gasteiger partial charge in [0.15, 0.2) is 0 Å². The van der Waals surface area contributed by atoms with E-state index >= 15 is 0 Å². The quantitative estimate of drug-likeness (QED) is 0.897. The number of aliphatic hydroxyl groups is 1. The Balaban J connectivity index is 2.27. The van der Waals surface area contributed by atoms with Crippen molar-refractivity contribution < 1.29 is 14.2 Å². The Labute approximate surface area is 107 Å². The molecule has 1 aromatic rings. The number of aliphatic hydroxyl groups excluding tert-OH is 1. The summed E-state index contributed by atoms with van der Waals surface area (Å²) in [5.41, 5.74) is 1.21. The number of halogens is 1. The summed E-state index contributed by atoms with van der Waals surface area (Å²) in [4.78, 5) is 2.07. The van der Waals surface area contributed by atoms with Crippen molar-refractivity contribution in [3.63, 3.8) is 0 Å². The topological polar surface area (TPSA) is 32.7 Å². The van der Waals surface area contributed by atoms with Crippen LogP contribution in [0.5, 0.6) is 0 Å². The Hall–Kier alpha value is -1.13. The van der Waals surface area contributed by atoms with Crippen molar-refractivity contribution in [3.8, 4) is 0 Å². The predicted octanol–water partition coefficient (Wildman–Crippen LogP) is 2.32. The fraction of sp³-hybridized carbons (Fsp3) is 0.571. The van der Waals surface area contributed by atoms with Gasteiger partial charge in [-0.15, -0.1) is 0 Å². The average Bonchev–Trinajstić information content (AvgIpc) is 2.38. The van der Waals surface area contributed by atoms with Crippen molar-refractivity contribution in [1.29, 1.82) is 0 Å². The number of morpholine rings is 1. The lowest BCUT2D eigenvalue weighted by molar-refractivity contribution is 0.0297. The molecule has 0 aromatic heterocycles. The van der Waals surface area contributed by atoms with E-state index in [1.165, 1.54) is 6.07 Å². The normalized spacial score (nSPS) is 24.3. The van der Waals surface area contributed by atoms with Gasteiger partial charge in [-0.1, -0.05) is 13.0 Å². The van der Waals surface area contributed by atoms with E-state index in [0.717, 1.165) is 6.42 Å². The fourth-order valence-electron chi connectivity index (χ4n) is 2.36. The van der Waals surface area contributed by atoms with Crippen LogP contribution >= 0.6 is 0 Å². The minimum Gasteiger partial charge on any atom is -0.392 e. The number of rotatable bonds is 3. The van der Waals surface area contributed by atoms with Crippen LogP contribution in [0.2, 0.25) is 0 Å². The van der Waals surface area contributed by atoms with Crippen molar-refractivity contribution in [1.82, 2.24) is 0 Å². The van der Waals surface area contributed by atoms with Gasteiger partial charge in [-0.3, -0.25) is 0 Å². The lowest BCUT2D eigenvalue weighted by Crippen LogP contribution is -2.49. The van der Waals surface area contributed by atoms with Crippen LogP contribution in [0.15, 0.2) is 18.2 Å². The summed E-state index contributed by atoms with van der Waals surface area (Å²) in [5, 5.41) is 9.00. The van der Waals surface area contributed by atoms with Crippen LogP contribution < -0.4 is 4.90 Å². The van der Waals surface area contributed by atoms with Gasteiger partial charge >= 0.3 is 0 Å². The van der Waals surface area contributed by atoms with Gasteiger partial charge < -0.3 is 14.7 Å². The Bertz CT molecular complexity index is 411. The molecule has 0 aliphatic carbocycles. The molecule has 2 rings (SSSR count). The number of hydrogen-bond donors (Lipinski definition) is 1. The second-order valence-electron chi connectivity index (χ2n) is 4.80. The molecule has 0 bridgehead atoms. The molecule has 3 nitrogen and oxygen atoms in total. The van der Waals surface area contributed by atoms with E-state index in [1.54, 1.807) is 12.1 Å². The highest BCUT2D eigenvalue weighted by Crippen LogP contribution is 2.27. The van der Waals surface area contributed by atoms with E-state index in [2.05, 4.69) is 11.8 Å². The summed E-state index contributed by atoms with van der Waals surface area (Å²) >= 11 is 0. The zero-order chi connectivity index (χ0) is 13.1. The Morgan fingerprint density at radius 2 is 2.28 bits per heavy atom. The SMILES string of the molecule is CCC1COC(C)CN1c1ccc(CO)cc1F.